The Balaban J connectivity index is 1.81. The maximum absolute atomic E-state index is 12.7. The van der Waals surface area contributed by atoms with Crippen molar-refractivity contribution in [3.05, 3.63) is 48.2 Å². The average Bonchev–Trinajstić information content (AvgIpc) is 3.05. The number of nitrogens with one attached hydrogen (secondary N) is 1. The molecule has 110 valence electrons. The lowest BCUT2D eigenvalue weighted by Crippen LogP contribution is -2.47. The second-order valence-electron chi connectivity index (χ2n) is 5.54. The highest BCUT2D eigenvalue weighted by atomic mass is 16.2. The Morgan fingerprint density at radius 2 is 2.00 bits per heavy atom. The number of rotatable bonds is 3. The van der Waals surface area contributed by atoms with Gasteiger partial charge in [-0.2, -0.15) is 0 Å². The second-order valence-corrected chi connectivity index (χ2v) is 5.54. The molecule has 1 aliphatic rings. The van der Waals surface area contributed by atoms with Gasteiger partial charge in [0.2, 0.25) is 0 Å². The predicted molar refractivity (Wildman–Crippen MR) is 84.0 cm³/mol. The van der Waals surface area contributed by atoms with E-state index in [9.17, 15) is 4.79 Å². The third-order valence-electron chi connectivity index (χ3n) is 4.16. The summed E-state index contributed by atoms with van der Waals surface area (Å²) >= 11 is 0. The van der Waals surface area contributed by atoms with E-state index in [2.05, 4.69) is 4.98 Å². The second kappa shape index (κ2) is 6.14. The fourth-order valence-corrected chi connectivity index (χ4v) is 2.97. The number of likely N-dealkylation sites (tertiary alicyclic amines) is 1. The first kappa shape index (κ1) is 13.9. The fraction of sp³-hybridized carbons (Fsp3) is 0.353. The Morgan fingerprint density at radius 1 is 1.19 bits per heavy atom. The summed E-state index contributed by atoms with van der Waals surface area (Å²) in [5, 5.41) is 0. The molecule has 2 heterocycles. The smallest absolute Gasteiger partial charge is 0.270 e. The molecule has 1 aromatic carbocycles. The zero-order valence-corrected chi connectivity index (χ0v) is 12.1. The van der Waals surface area contributed by atoms with E-state index in [1.54, 1.807) is 0 Å². The van der Waals surface area contributed by atoms with Crippen molar-refractivity contribution in [2.45, 2.75) is 25.3 Å². The first-order chi connectivity index (χ1) is 10.3. The van der Waals surface area contributed by atoms with Crippen molar-refractivity contribution in [3.8, 4) is 11.3 Å². The van der Waals surface area contributed by atoms with Gasteiger partial charge >= 0.3 is 0 Å². The lowest BCUT2D eigenvalue weighted by molar-refractivity contribution is 0.0618. The van der Waals surface area contributed by atoms with E-state index < -0.39 is 0 Å². The summed E-state index contributed by atoms with van der Waals surface area (Å²) in [5.74, 6) is 0.0623. The number of hydrogen-bond acceptors (Lipinski definition) is 2. The standard InChI is InChI=1S/C17H21N3O/c18-12-14-8-4-5-11-20(14)17(21)16-10-9-15(19-16)13-6-2-1-3-7-13/h1-3,6-7,9-10,14,19H,4-5,8,11-12,18H2. The van der Waals surface area contributed by atoms with Crippen LogP contribution >= 0.6 is 0 Å². The first-order valence-corrected chi connectivity index (χ1v) is 7.55. The summed E-state index contributed by atoms with van der Waals surface area (Å²) in [6.45, 7) is 1.35. The van der Waals surface area contributed by atoms with E-state index in [1.807, 2.05) is 47.4 Å². The van der Waals surface area contributed by atoms with Crippen molar-refractivity contribution in [2.24, 2.45) is 5.73 Å². The van der Waals surface area contributed by atoms with Crippen molar-refractivity contribution in [1.82, 2.24) is 9.88 Å². The first-order valence-electron chi connectivity index (χ1n) is 7.55. The summed E-state index contributed by atoms with van der Waals surface area (Å²) in [6, 6.07) is 14.0. The van der Waals surface area contributed by atoms with Crippen molar-refractivity contribution < 1.29 is 4.79 Å². The number of H-pyrrole nitrogens is 1. The molecule has 0 spiro atoms. The van der Waals surface area contributed by atoms with E-state index >= 15 is 0 Å². The molecule has 1 unspecified atom stereocenters. The third kappa shape index (κ3) is 2.85. The average molecular weight is 283 g/mol. The molecule has 1 amide bonds. The number of aromatic amines is 1. The fourth-order valence-electron chi connectivity index (χ4n) is 2.97. The zero-order chi connectivity index (χ0) is 14.7. The van der Waals surface area contributed by atoms with E-state index in [1.165, 1.54) is 0 Å². The molecular formula is C17H21N3O. The number of nitrogens with zero attached hydrogens (tertiary/aromatic N) is 1. The highest BCUT2D eigenvalue weighted by molar-refractivity contribution is 5.93. The lowest BCUT2D eigenvalue weighted by atomic mass is 10.0. The monoisotopic (exact) mass is 283 g/mol. The van der Waals surface area contributed by atoms with Crippen LogP contribution in [0.25, 0.3) is 11.3 Å². The van der Waals surface area contributed by atoms with Crippen LogP contribution in [0, 0.1) is 0 Å². The van der Waals surface area contributed by atoms with E-state index in [4.69, 9.17) is 5.73 Å². The molecule has 0 saturated carbocycles. The zero-order valence-electron chi connectivity index (χ0n) is 12.1. The Labute approximate surface area is 125 Å². The molecule has 1 saturated heterocycles. The molecule has 0 bridgehead atoms. The van der Waals surface area contributed by atoms with Crippen molar-refractivity contribution in [1.29, 1.82) is 0 Å². The van der Waals surface area contributed by atoms with Crippen LogP contribution in [0.15, 0.2) is 42.5 Å². The number of benzene rings is 1. The molecule has 4 heteroatoms. The van der Waals surface area contributed by atoms with Crippen LogP contribution in [0.4, 0.5) is 0 Å². The maximum atomic E-state index is 12.7. The van der Waals surface area contributed by atoms with Crippen molar-refractivity contribution >= 4 is 5.91 Å². The van der Waals surface area contributed by atoms with Crippen LogP contribution in [0.5, 0.6) is 0 Å². The number of amides is 1. The number of piperidine rings is 1. The topological polar surface area (TPSA) is 62.1 Å². The molecule has 0 radical (unpaired) electrons. The number of carbonyl (C=O) groups excluding carboxylic acids is 1. The molecule has 1 fully saturated rings. The summed E-state index contributed by atoms with van der Waals surface area (Å²) < 4.78 is 0. The predicted octanol–water partition coefficient (Wildman–Crippen LogP) is 2.64. The molecule has 3 rings (SSSR count). The largest absolute Gasteiger partial charge is 0.351 e. The lowest BCUT2D eigenvalue weighted by Gasteiger charge is -2.34. The molecule has 1 atom stereocenters. The molecule has 4 nitrogen and oxygen atoms in total. The Bertz CT molecular complexity index is 606. The molecule has 3 N–H and O–H groups in total. The number of nitrogens with two attached hydrogens (primary N) is 1. The van der Waals surface area contributed by atoms with Gasteiger partial charge in [-0.25, -0.2) is 0 Å². The Morgan fingerprint density at radius 3 is 2.76 bits per heavy atom. The van der Waals surface area contributed by atoms with Gasteiger partial charge in [0.15, 0.2) is 0 Å². The summed E-state index contributed by atoms with van der Waals surface area (Å²) in [7, 11) is 0. The number of aromatic nitrogens is 1. The number of hydrogen-bond donors (Lipinski definition) is 2. The minimum Gasteiger partial charge on any atom is -0.351 e. The van der Waals surface area contributed by atoms with Gasteiger partial charge in [0.25, 0.3) is 5.91 Å². The molecular weight excluding hydrogens is 262 g/mol. The van der Waals surface area contributed by atoms with Crippen molar-refractivity contribution in [2.75, 3.05) is 13.1 Å². The molecule has 2 aromatic rings. The molecule has 1 aliphatic heterocycles. The van der Waals surface area contributed by atoms with Crippen LogP contribution in [-0.4, -0.2) is 34.9 Å². The summed E-state index contributed by atoms with van der Waals surface area (Å²) in [6.07, 6.45) is 3.23. The van der Waals surface area contributed by atoms with Gasteiger partial charge in [0.05, 0.1) is 0 Å². The highest BCUT2D eigenvalue weighted by Crippen LogP contribution is 2.22. The Kier molecular flexibility index (Phi) is 4.06. The van der Waals surface area contributed by atoms with Gasteiger partial charge in [-0.15, -0.1) is 0 Å². The molecule has 21 heavy (non-hydrogen) atoms. The van der Waals surface area contributed by atoms with Gasteiger partial charge < -0.3 is 15.6 Å². The van der Waals surface area contributed by atoms with Gasteiger partial charge in [0, 0.05) is 24.8 Å². The van der Waals surface area contributed by atoms with Crippen LogP contribution in [0.2, 0.25) is 0 Å². The van der Waals surface area contributed by atoms with Crippen molar-refractivity contribution in [3.63, 3.8) is 0 Å². The quantitative estimate of drug-likeness (QED) is 0.909. The van der Waals surface area contributed by atoms with E-state index in [0.717, 1.165) is 37.1 Å². The highest BCUT2D eigenvalue weighted by Gasteiger charge is 2.27. The number of carbonyl (C=O) groups is 1. The van der Waals surface area contributed by atoms with Gasteiger partial charge in [-0.1, -0.05) is 30.3 Å². The van der Waals surface area contributed by atoms with E-state index in [-0.39, 0.29) is 11.9 Å². The third-order valence-corrected chi connectivity index (χ3v) is 4.16. The van der Waals surface area contributed by atoms with Gasteiger partial charge in [-0.05, 0) is 37.0 Å². The van der Waals surface area contributed by atoms with Crippen LogP contribution < -0.4 is 5.73 Å². The SMILES string of the molecule is NCC1CCCCN1C(=O)c1ccc(-c2ccccc2)[nH]1. The Hall–Kier alpha value is -2.07. The van der Waals surface area contributed by atoms with E-state index in [0.29, 0.717) is 12.2 Å². The minimum absolute atomic E-state index is 0.0623. The summed E-state index contributed by atoms with van der Waals surface area (Å²) in [5.41, 5.74) is 8.51. The normalized spacial score (nSPS) is 18.7. The minimum atomic E-state index is 0.0623. The van der Waals surface area contributed by atoms with Crippen LogP contribution in [0.1, 0.15) is 29.8 Å². The van der Waals surface area contributed by atoms with Gasteiger partial charge in [-0.3, -0.25) is 4.79 Å². The van der Waals surface area contributed by atoms with Crippen LogP contribution in [0.3, 0.4) is 0 Å². The summed E-state index contributed by atoms with van der Waals surface area (Å²) in [4.78, 5) is 17.8. The van der Waals surface area contributed by atoms with Crippen LogP contribution in [-0.2, 0) is 0 Å². The van der Waals surface area contributed by atoms with Gasteiger partial charge in [0.1, 0.15) is 5.69 Å². The molecule has 1 aromatic heterocycles. The maximum Gasteiger partial charge on any atom is 0.270 e. The molecule has 0 aliphatic carbocycles.